The molecule has 9 aromatic rings. The lowest BCUT2D eigenvalue weighted by Crippen LogP contribution is -2.28. The average Bonchev–Trinajstić information content (AvgIpc) is 3.48. The number of nitrogens with zero attached hydrogens (tertiary/aromatic N) is 2. The van der Waals surface area contributed by atoms with Crippen molar-refractivity contribution in [1.29, 1.82) is 0 Å². The highest BCUT2D eigenvalue weighted by molar-refractivity contribution is 6.21. The molecule has 0 bridgehead atoms. The van der Waals surface area contributed by atoms with Gasteiger partial charge in [0.2, 0.25) is 0 Å². The third kappa shape index (κ3) is 6.37. The highest BCUT2D eigenvalue weighted by Crippen LogP contribution is 2.42. The third-order valence-electron chi connectivity index (χ3n) is 13.4. The Balaban J connectivity index is 1.03. The number of fused-ring (bicyclic) bond motifs is 10. The quantitative estimate of drug-likeness (QED) is 0.158. The fourth-order valence-corrected chi connectivity index (χ4v) is 10.3. The number of aromatic nitrogens is 2. The number of para-hydroxylation sites is 3. The number of hydrogen-bond acceptors (Lipinski definition) is 2. The Morgan fingerprint density at radius 2 is 1.35 bits per heavy atom. The lowest BCUT2D eigenvalue weighted by atomic mass is 9.96. The lowest BCUT2D eigenvalue weighted by Gasteiger charge is -2.25. The minimum absolute atomic E-state index is 0.0583. The fraction of sp³-hybridized carbons (Fsp3) is 0.0847. The van der Waals surface area contributed by atoms with Crippen LogP contribution in [-0.4, -0.2) is 15.2 Å². The number of nitrogen functional groups attached to an aromatic ring is 1. The average molecular weight is 811 g/mol. The van der Waals surface area contributed by atoms with Gasteiger partial charge in [0, 0.05) is 57.1 Å². The third-order valence-corrected chi connectivity index (χ3v) is 13.4. The summed E-state index contributed by atoms with van der Waals surface area (Å²) in [5, 5.41) is 12.8. The summed E-state index contributed by atoms with van der Waals surface area (Å²) < 4.78 is 5.06. The summed E-state index contributed by atoms with van der Waals surface area (Å²) in [6.45, 7) is 0.703. The van der Waals surface area contributed by atoms with Gasteiger partial charge in [0.15, 0.2) is 0 Å². The van der Waals surface area contributed by atoms with E-state index in [-0.39, 0.29) is 6.04 Å². The van der Waals surface area contributed by atoms with Crippen molar-refractivity contribution in [2.75, 3.05) is 11.1 Å². The summed E-state index contributed by atoms with van der Waals surface area (Å²) in [7, 11) is 0. The molecule has 1 unspecified atom stereocenters. The number of allylic oxidation sites excluding steroid dienone is 13. The van der Waals surface area contributed by atoms with Gasteiger partial charge in [0.1, 0.15) is 0 Å². The monoisotopic (exact) mass is 810 g/mol. The molecule has 0 saturated heterocycles. The second-order valence-electron chi connectivity index (χ2n) is 17.0. The van der Waals surface area contributed by atoms with Gasteiger partial charge >= 0.3 is 0 Å². The molecule has 0 spiro atoms. The van der Waals surface area contributed by atoms with Crippen molar-refractivity contribution < 1.29 is 0 Å². The first-order chi connectivity index (χ1) is 31.2. The van der Waals surface area contributed by atoms with Gasteiger partial charge < -0.3 is 20.2 Å². The Bertz CT molecular complexity index is 3560. The van der Waals surface area contributed by atoms with Gasteiger partial charge in [-0.05, 0) is 111 Å². The highest BCUT2D eigenvalue weighted by atomic mass is 15.1. The van der Waals surface area contributed by atoms with Gasteiger partial charge in [-0.15, -0.1) is 0 Å². The van der Waals surface area contributed by atoms with Gasteiger partial charge in [0.25, 0.3) is 0 Å². The molecule has 4 nitrogen and oxygen atoms in total. The van der Waals surface area contributed by atoms with Gasteiger partial charge in [-0.25, -0.2) is 0 Å². The van der Waals surface area contributed by atoms with E-state index in [0.29, 0.717) is 6.54 Å². The van der Waals surface area contributed by atoms with E-state index >= 15 is 0 Å². The maximum absolute atomic E-state index is 6.66. The standard InChI is InChI=1S/C59H46N4/c60-51-24-9-10-25-52(51)61-53(43-20-12-18-40(28-30-43)45-31-29-39-14-4-5-17-44(39)36-45)38-62-54-35-33-46(37-50(54)59-48-22-7-6-16-42(48)32-34-56(59)62)63-55-26-11-8-23-49(55)58-47-21-3-1-2-15-41(47)19-13-27-57(58)63/h1-14,16-19,21-26,28-37,53,61H,15,20,27,38,60H2. The molecule has 0 amide bonds. The number of nitrogens with one attached hydrogen (secondary N) is 1. The minimum Gasteiger partial charge on any atom is -0.397 e. The van der Waals surface area contributed by atoms with Crippen LogP contribution in [0.3, 0.4) is 0 Å². The van der Waals surface area contributed by atoms with Crippen molar-refractivity contribution in [3.63, 3.8) is 0 Å². The Labute approximate surface area is 367 Å². The van der Waals surface area contributed by atoms with Crippen LogP contribution in [0.1, 0.15) is 29.7 Å². The first-order valence-electron chi connectivity index (χ1n) is 22.1. The molecule has 302 valence electrons. The first kappa shape index (κ1) is 37.0. The van der Waals surface area contributed by atoms with E-state index in [1.807, 2.05) is 12.1 Å². The number of rotatable bonds is 7. The smallest absolute Gasteiger partial charge is 0.0660 e. The minimum atomic E-state index is -0.0583. The Morgan fingerprint density at radius 1 is 0.571 bits per heavy atom. The topological polar surface area (TPSA) is 47.9 Å². The molecule has 3 N–H and O–H groups in total. The van der Waals surface area contributed by atoms with E-state index in [1.165, 1.54) is 99.1 Å². The molecule has 3 aliphatic carbocycles. The molecular formula is C59H46N4. The number of hydrogen-bond donors (Lipinski definition) is 2. The predicted octanol–water partition coefficient (Wildman–Crippen LogP) is 14.5. The normalized spacial score (nSPS) is 15.4. The summed E-state index contributed by atoms with van der Waals surface area (Å²) >= 11 is 0. The molecule has 2 heterocycles. The Morgan fingerprint density at radius 3 is 2.27 bits per heavy atom. The van der Waals surface area contributed by atoms with Crippen molar-refractivity contribution >= 4 is 76.8 Å². The molecule has 1 atom stereocenters. The van der Waals surface area contributed by atoms with Crippen LogP contribution in [0.2, 0.25) is 0 Å². The zero-order valence-corrected chi connectivity index (χ0v) is 35.0. The molecule has 0 aliphatic heterocycles. The maximum atomic E-state index is 6.66. The summed E-state index contributed by atoms with van der Waals surface area (Å²) in [6.07, 6.45) is 25.4. The van der Waals surface area contributed by atoms with Crippen molar-refractivity contribution in [1.82, 2.24) is 9.13 Å². The molecule has 0 radical (unpaired) electrons. The van der Waals surface area contributed by atoms with Crippen LogP contribution in [0, 0.1) is 0 Å². The van der Waals surface area contributed by atoms with Crippen molar-refractivity contribution in [2.45, 2.75) is 31.8 Å². The van der Waals surface area contributed by atoms with Crippen LogP contribution in [0.25, 0.3) is 71.1 Å². The molecule has 0 fully saturated rings. The van der Waals surface area contributed by atoms with E-state index in [0.717, 1.165) is 30.6 Å². The summed E-state index contributed by atoms with van der Waals surface area (Å²) in [4.78, 5) is 0. The summed E-state index contributed by atoms with van der Waals surface area (Å²) in [5.41, 5.74) is 22.3. The molecule has 4 heteroatoms. The Hall–Kier alpha value is -7.82. The van der Waals surface area contributed by atoms with E-state index in [4.69, 9.17) is 5.73 Å². The van der Waals surface area contributed by atoms with Gasteiger partial charge in [0.05, 0.1) is 22.9 Å². The van der Waals surface area contributed by atoms with Gasteiger partial charge in [-0.2, -0.15) is 0 Å². The van der Waals surface area contributed by atoms with Gasteiger partial charge in [-0.1, -0.05) is 158 Å². The molecule has 12 rings (SSSR count). The van der Waals surface area contributed by atoms with Gasteiger partial charge in [-0.3, -0.25) is 0 Å². The number of benzene rings is 7. The van der Waals surface area contributed by atoms with E-state index in [2.05, 4.69) is 209 Å². The van der Waals surface area contributed by atoms with Crippen LogP contribution in [0.5, 0.6) is 0 Å². The molecule has 2 aromatic heterocycles. The van der Waals surface area contributed by atoms with E-state index < -0.39 is 0 Å². The van der Waals surface area contributed by atoms with Crippen molar-refractivity contribution in [2.24, 2.45) is 0 Å². The largest absolute Gasteiger partial charge is 0.397 e. The zero-order chi connectivity index (χ0) is 41.9. The van der Waals surface area contributed by atoms with E-state index in [9.17, 15) is 0 Å². The molecule has 7 aromatic carbocycles. The Kier molecular flexibility index (Phi) is 8.96. The predicted molar refractivity (Wildman–Crippen MR) is 268 cm³/mol. The molecule has 3 aliphatic rings. The van der Waals surface area contributed by atoms with Crippen LogP contribution < -0.4 is 11.1 Å². The summed E-state index contributed by atoms with van der Waals surface area (Å²) in [6, 6.07) is 52.9. The van der Waals surface area contributed by atoms with Crippen LogP contribution in [0.4, 0.5) is 11.4 Å². The zero-order valence-electron chi connectivity index (χ0n) is 35.0. The van der Waals surface area contributed by atoms with Crippen molar-refractivity contribution in [3.8, 4) is 5.69 Å². The highest BCUT2D eigenvalue weighted by Gasteiger charge is 2.25. The number of nitrogens with two attached hydrogens (primary N) is 1. The fourth-order valence-electron chi connectivity index (χ4n) is 10.3. The molecular weight excluding hydrogens is 765 g/mol. The van der Waals surface area contributed by atoms with Crippen LogP contribution in [-0.2, 0) is 13.0 Å². The molecule has 0 saturated carbocycles. The SMILES string of the molecule is Nc1ccccc1NC(Cn1c2ccc(-n3c4c(c5ccccc53)C3=C(C=CC4)CC=CC=C3)cc2c2c3ccccc3ccc21)C1=CC=C(c2ccc3ccccc3c2)C=CC1. The van der Waals surface area contributed by atoms with E-state index in [1.54, 1.807) is 0 Å². The maximum Gasteiger partial charge on any atom is 0.0660 e. The first-order valence-corrected chi connectivity index (χ1v) is 22.1. The second kappa shape index (κ2) is 15.3. The second-order valence-corrected chi connectivity index (χ2v) is 17.0. The van der Waals surface area contributed by atoms with Crippen LogP contribution >= 0.6 is 0 Å². The van der Waals surface area contributed by atoms with Crippen LogP contribution in [0.15, 0.2) is 217 Å². The number of anilines is 2. The molecule has 63 heavy (non-hydrogen) atoms. The lowest BCUT2D eigenvalue weighted by molar-refractivity contribution is 0.662. The summed E-state index contributed by atoms with van der Waals surface area (Å²) in [5.74, 6) is 0. The van der Waals surface area contributed by atoms with Crippen molar-refractivity contribution in [3.05, 3.63) is 234 Å².